The zero-order valence-electron chi connectivity index (χ0n) is 19.5. The monoisotopic (exact) mass is 521 g/mol. The number of rotatable bonds is 11. The summed E-state index contributed by atoms with van der Waals surface area (Å²) >= 11 is 0. The van der Waals surface area contributed by atoms with Crippen molar-refractivity contribution in [3.05, 3.63) is 59.9 Å². The summed E-state index contributed by atoms with van der Waals surface area (Å²) in [6.45, 7) is -0.550. The fraction of sp³-hybridized carbons (Fsp3) is 0.375. The van der Waals surface area contributed by atoms with Gasteiger partial charge < -0.3 is 33.9 Å². The Morgan fingerprint density at radius 2 is 1.86 bits per heavy atom. The lowest BCUT2D eigenvalue weighted by Crippen LogP contribution is -2.37. The molecule has 2 N–H and O–H groups in total. The van der Waals surface area contributed by atoms with Crippen LogP contribution in [0.5, 0.6) is 17.2 Å². The quantitative estimate of drug-likeness (QED) is 0.450. The predicted molar refractivity (Wildman–Crippen MR) is 125 cm³/mol. The molecule has 0 aliphatic carbocycles. The molecule has 4 rings (SSSR count). The van der Waals surface area contributed by atoms with E-state index >= 15 is 0 Å². The number of hydrogen-bond acceptors (Lipinski definition) is 9. The Labute approximate surface area is 208 Å². The van der Waals surface area contributed by atoms with Crippen molar-refractivity contribution in [1.82, 2.24) is 4.31 Å². The fourth-order valence-corrected chi connectivity index (χ4v) is 5.35. The highest BCUT2D eigenvalue weighted by molar-refractivity contribution is 7.89. The van der Waals surface area contributed by atoms with E-state index < -0.39 is 22.3 Å². The minimum absolute atomic E-state index is 0.0460. The standard InChI is InChI=1S/C24H27NO10S/c1-31-18-3-5-19(6-4-18)36(29,30)25(8-10-26)9-11-32-23-14-17(13-22(35-23)24(27)28)16-2-7-20-21(12-16)34-15-33-20/h2-7,12-13,17,23,26H,8-11,14-15H2,1H3,(H,27,28)/t17-,23+/m1/s1. The third kappa shape index (κ3) is 5.73. The van der Waals surface area contributed by atoms with E-state index in [1.54, 1.807) is 12.1 Å². The van der Waals surface area contributed by atoms with Gasteiger partial charge in [-0.3, -0.25) is 0 Å². The van der Waals surface area contributed by atoms with Gasteiger partial charge in [0.05, 0.1) is 25.2 Å². The number of fused-ring (bicyclic) bond motifs is 1. The van der Waals surface area contributed by atoms with E-state index in [1.807, 2.05) is 6.07 Å². The second kappa shape index (κ2) is 11.2. The van der Waals surface area contributed by atoms with Crippen molar-refractivity contribution >= 4 is 16.0 Å². The maximum atomic E-state index is 13.1. The molecule has 2 aliphatic rings. The molecule has 0 fully saturated rings. The Balaban J connectivity index is 1.43. The van der Waals surface area contributed by atoms with Gasteiger partial charge in [0.15, 0.2) is 11.5 Å². The van der Waals surface area contributed by atoms with Crippen molar-refractivity contribution < 1.29 is 47.1 Å². The molecule has 0 saturated heterocycles. The van der Waals surface area contributed by atoms with Crippen LogP contribution in [0.4, 0.5) is 0 Å². The smallest absolute Gasteiger partial charge is 0.370 e. The fourth-order valence-electron chi connectivity index (χ4n) is 3.93. The van der Waals surface area contributed by atoms with E-state index in [-0.39, 0.29) is 49.7 Å². The Bertz CT molecular complexity index is 1210. The minimum atomic E-state index is -3.91. The average molecular weight is 522 g/mol. The van der Waals surface area contributed by atoms with Crippen LogP contribution in [-0.4, -0.2) is 75.4 Å². The third-order valence-electron chi connectivity index (χ3n) is 5.78. The lowest BCUT2D eigenvalue weighted by molar-refractivity contribution is -0.157. The van der Waals surface area contributed by atoms with E-state index in [2.05, 4.69) is 0 Å². The summed E-state index contributed by atoms with van der Waals surface area (Å²) in [6.07, 6.45) is 0.893. The van der Waals surface area contributed by atoms with Crippen LogP contribution in [0.3, 0.4) is 0 Å². The highest BCUT2D eigenvalue weighted by Gasteiger charge is 2.30. The maximum absolute atomic E-state index is 13.1. The molecule has 12 heteroatoms. The molecular weight excluding hydrogens is 494 g/mol. The van der Waals surface area contributed by atoms with Gasteiger partial charge in [0.25, 0.3) is 0 Å². The molecule has 0 aromatic heterocycles. The number of methoxy groups -OCH3 is 1. The maximum Gasteiger partial charge on any atom is 0.370 e. The summed E-state index contributed by atoms with van der Waals surface area (Å²) in [7, 11) is -2.43. The number of hydrogen-bond donors (Lipinski definition) is 2. The Morgan fingerprint density at radius 1 is 1.11 bits per heavy atom. The summed E-state index contributed by atoms with van der Waals surface area (Å²) < 4.78 is 54.3. The Hall–Kier alpha value is -3.32. The van der Waals surface area contributed by atoms with Gasteiger partial charge >= 0.3 is 5.97 Å². The van der Waals surface area contributed by atoms with Crippen LogP contribution >= 0.6 is 0 Å². The van der Waals surface area contributed by atoms with Gasteiger partial charge in [-0.05, 0) is 48.0 Å². The molecule has 11 nitrogen and oxygen atoms in total. The number of nitrogens with zero attached hydrogens (tertiary/aromatic N) is 1. The van der Waals surface area contributed by atoms with Crippen LogP contribution in [0.25, 0.3) is 0 Å². The van der Waals surface area contributed by atoms with Crippen LogP contribution in [0.15, 0.2) is 59.2 Å². The van der Waals surface area contributed by atoms with Crippen LogP contribution in [0.1, 0.15) is 17.9 Å². The first-order chi connectivity index (χ1) is 17.3. The van der Waals surface area contributed by atoms with Crippen molar-refractivity contribution in [3.63, 3.8) is 0 Å². The average Bonchev–Trinajstić information content (AvgIpc) is 3.36. The molecule has 0 amide bonds. The third-order valence-corrected chi connectivity index (χ3v) is 7.70. The molecule has 0 saturated carbocycles. The minimum Gasteiger partial charge on any atom is -0.497 e. The molecule has 2 aromatic carbocycles. The van der Waals surface area contributed by atoms with E-state index in [4.69, 9.17) is 23.7 Å². The first-order valence-electron chi connectivity index (χ1n) is 11.2. The van der Waals surface area contributed by atoms with Crippen LogP contribution in [0, 0.1) is 0 Å². The summed E-state index contributed by atoms with van der Waals surface area (Å²) in [6, 6.07) is 11.3. The number of carboxylic acids is 1. The molecule has 2 heterocycles. The van der Waals surface area contributed by atoms with Crippen molar-refractivity contribution in [3.8, 4) is 17.2 Å². The number of carboxylic acid groups (broad SMARTS) is 1. The summed E-state index contributed by atoms with van der Waals surface area (Å²) in [5.74, 6) is -0.126. The van der Waals surface area contributed by atoms with Crippen LogP contribution < -0.4 is 14.2 Å². The number of ether oxygens (including phenoxy) is 5. The highest BCUT2D eigenvalue weighted by atomic mass is 32.2. The predicted octanol–water partition coefficient (Wildman–Crippen LogP) is 1.92. The lowest BCUT2D eigenvalue weighted by atomic mass is 9.92. The molecule has 194 valence electrons. The second-order valence-corrected chi connectivity index (χ2v) is 9.95. The molecule has 2 atom stereocenters. The van der Waals surface area contributed by atoms with Gasteiger partial charge in [-0.1, -0.05) is 6.07 Å². The molecule has 2 aromatic rings. The number of allylic oxidation sites excluding steroid dienone is 1. The zero-order chi connectivity index (χ0) is 25.7. The van der Waals surface area contributed by atoms with Crippen molar-refractivity contribution in [2.75, 3.05) is 40.2 Å². The van der Waals surface area contributed by atoms with Gasteiger partial charge in [0.2, 0.25) is 28.9 Å². The summed E-state index contributed by atoms with van der Waals surface area (Å²) in [5, 5.41) is 18.9. The molecule has 2 aliphatic heterocycles. The van der Waals surface area contributed by atoms with Gasteiger partial charge in [-0.15, -0.1) is 0 Å². The molecule has 0 bridgehead atoms. The number of aliphatic hydroxyl groups excluding tert-OH is 1. The summed E-state index contributed by atoms with van der Waals surface area (Å²) in [5.41, 5.74) is 0.805. The topological polar surface area (TPSA) is 141 Å². The normalized spacial score (nSPS) is 19.0. The van der Waals surface area contributed by atoms with Gasteiger partial charge in [0, 0.05) is 25.4 Å². The first kappa shape index (κ1) is 25.8. The Morgan fingerprint density at radius 3 is 2.56 bits per heavy atom. The zero-order valence-corrected chi connectivity index (χ0v) is 20.3. The second-order valence-electron chi connectivity index (χ2n) is 8.01. The van der Waals surface area contributed by atoms with E-state index in [9.17, 15) is 23.4 Å². The van der Waals surface area contributed by atoms with Crippen LogP contribution in [0.2, 0.25) is 0 Å². The SMILES string of the molecule is COc1ccc(S(=O)(=O)N(CCO)CCO[C@@H]2C[C@H](c3ccc4c(c3)OCO4)C=C(C(=O)O)O2)cc1. The number of sulfonamides is 1. The molecule has 0 radical (unpaired) electrons. The number of carbonyl (C=O) groups is 1. The number of aliphatic hydroxyl groups is 1. The van der Waals surface area contributed by atoms with E-state index in [1.165, 1.54) is 37.5 Å². The Kier molecular flexibility index (Phi) is 7.99. The molecule has 36 heavy (non-hydrogen) atoms. The van der Waals surface area contributed by atoms with Gasteiger partial charge in [0.1, 0.15) is 5.75 Å². The lowest BCUT2D eigenvalue weighted by Gasteiger charge is -2.29. The highest BCUT2D eigenvalue weighted by Crippen LogP contribution is 2.38. The molecule has 0 unspecified atom stereocenters. The summed E-state index contributed by atoms with van der Waals surface area (Å²) in [4.78, 5) is 11.7. The molecule has 0 spiro atoms. The molecular formula is C24H27NO10S. The van der Waals surface area contributed by atoms with Gasteiger partial charge in [-0.25, -0.2) is 13.2 Å². The number of aliphatic carboxylic acids is 1. The van der Waals surface area contributed by atoms with Crippen molar-refractivity contribution in [2.45, 2.75) is 23.5 Å². The first-order valence-corrected chi connectivity index (χ1v) is 12.6. The van der Waals surface area contributed by atoms with Gasteiger partial charge in [-0.2, -0.15) is 4.31 Å². The van der Waals surface area contributed by atoms with E-state index in [0.717, 1.165) is 9.87 Å². The van der Waals surface area contributed by atoms with Crippen molar-refractivity contribution in [1.29, 1.82) is 0 Å². The number of benzene rings is 2. The largest absolute Gasteiger partial charge is 0.497 e. The van der Waals surface area contributed by atoms with E-state index in [0.29, 0.717) is 23.7 Å². The van der Waals surface area contributed by atoms with Crippen LogP contribution in [-0.2, 0) is 24.3 Å². The van der Waals surface area contributed by atoms with Crippen molar-refractivity contribution in [2.24, 2.45) is 0 Å².